The molecule has 0 spiro atoms. The van der Waals surface area contributed by atoms with Crippen LogP contribution in [0.5, 0.6) is 0 Å². The van der Waals surface area contributed by atoms with Crippen LogP contribution in [0, 0.1) is 0 Å². The zero-order valence-corrected chi connectivity index (χ0v) is 15.0. The van der Waals surface area contributed by atoms with E-state index in [1.165, 1.54) is 4.88 Å². The Morgan fingerprint density at radius 1 is 1.25 bits per heavy atom. The highest BCUT2D eigenvalue weighted by molar-refractivity contribution is 8.00. The van der Waals surface area contributed by atoms with Crippen LogP contribution in [0.3, 0.4) is 0 Å². The molecule has 3 heterocycles. The second-order valence-electron chi connectivity index (χ2n) is 5.45. The number of thioether (sulfide) groups is 1. The highest BCUT2D eigenvalue weighted by Crippen LogP contribution is 2.43. The normalized spacial score (nSPS) is 17.2. The van der Waals surface area contributed by atoms with Crippen LogP contribution in [0.1, 0.15) is 21.3 Å². The lowest BCUT2D eigenvalue weighted by atomic mass is 10.1. The van der Waals surface area contributed by atoms with E-state index in [2.05, 4.69) is 16.5 Å². The second-order valence-corrected chi connectivity index (χ2v) is 7.98. The van der Waals surface area contributed by atoms with Crippen LogP contribution in [-0.2, 0) is 11.3 Å². The van der Waals surface area contributed by atoms with Gasteiger partial charge in [-0.05, 0) is 23.1 Å². The number of hydrogen-bond donors (Lipinski definition) is 1. The van der Waals surface area contributed by atoms with Gasteiger partial charge in [-0.15, -0.1) is 23.1 Å². The summed E-state index contributed by atoms with van der Waals surface area (Å²) in [5.74, 6) is 1.15. The maximum absolute atomic E-state index is 12.2. The first-order valence-electron chi connectivity index (χ1n) is 7.46. The zero-order chi connectivity index (χ0) is 16.5. The van der Waals surface area contributed by atoms with Crippen molar-refractivity contribution in [3.8, 4) is 0 Å². The fourth-order valence-electron chi connectivity index (χ4n) is 2.76. The summed E-state index contributed by atoms with van der Waals surface area (Å²) < 4.78 is 1.86. The molecule has 1 aliphatic heterocycles. The Bertz CT molecular complexity index is 876. The van der Waals surface area contributed by atoms with Gasteiger partial charge in [-0.25, -0.2) is 4.68 Å². The average molecular weight is 376 g/mol. The SMILES string of the molecule is O=C1CS[C@H](c2ccccc2Cl)c2cnn(Cc3cccs3)c2N1. The van der Waals surface area contributed by atoms with Crippen molar-refractivity contribution in [2.24, 2.45) is 0 Å². The molecule has 1 amide bonds. The molecule has 3 aromatic rings. The number of benzene rings is 1. The number of fused-ring (bicyclic) bond motifs is 1. The Hall–Kier alpha value is -1.76. The number of halogens is 1. The van der Waals surface area contributed by atoms with Crippen molar-refractivity contribution in [1.29, 1.82) is 0 Å². The van der Waals surface area contributed by atoms with Crippen LogP contribution >= 0.6 is 34.7 Å². The van der Waals surface area contributed by atoms with Gasteiger partial charge in [-0.3, -0.25) is 4.79 Å². The number of thiophene rings is 1. The first-order valence-corrected chi connectivity index (χ1v) is 9.77. The topological polar surface area (TPSA) is 46.9 Å². The van der Waals surface area contributed by atoms with Crippen molar-refractivity contribution in [2.45, 2.75) is 11.8 Å². The van der Waals surface area contributed by atoms with Gasteiger partial charge in [0.15, 0.2) is 0 Å². The summed E-state index contributed by atoms with van der Waals surface area (Å²) in [6.07, 6.45) is 1.84. The highest BCUT2D eigenvalue weighted by atomic mass is 35.5. The third kappa shape index (κ3) is 2.97. The lowest BCUT2D eigenvalue weighted by molar-refractivity contribution is -0.113. The van der Waals surface area contributed by atoms with Crippen molar-refractivity contribution >= 4 is 46.4 Å². The van der Waals surface area contributed by atoms with Crippen molar-refractivity contribution < 1.29 is 4.79 Å². The van der Waals surface area contributed by atoms with Gasteiger partial charge in [-0.2, -0.15) is 5.10 Å². The van der Waals surface area contributed by atoms with Crippen LogP contribution in [0.4, 0.5) is 5.82 Å². The Kier molecular flexibility index (Phi) is 4.35. The van der Waals surface area contributed by atoms with Gasteiger partial charge in [0.2, 0.25) is 5.91 Å². The molecule has 4 nitrogen and oxygen atoms in total. The van der Waals surface area contributed by atoms with Crippen LogP contribution < -0.4 is 5.32 Å². The molecule has 0 bridgehead atoms. The number of aromatic nitrogens is 2. The molecule has 122 valence electrons. The number of rotatable bonds is 3. The largest absolute Gasteiger partial charge is 0.310 e. The average Bonchev–Trinajstić information content (AvgIpc) is 3.18. The zero-order valence-electron chi connectivity index (χ0n) is 12.6. The van der Waals surface area contributed by atoms with E-state index >= 15 is 0 Å². The smallest absolute Gasteiger partial charge is 0.235 e. The lowest BCUT2D eigenvalue weighted by Gasteiger charge is -2.15. The summed E-state index contributed by atoms with van der Waals surface area (Å²) >= 11 is 9.65. The van der Waals surface area contributed by atoms with Crippen molar-refractivity contribution in [3.05, 3.63) is 69.0 Å². The molecule has 1 aromatic carbocycles. The summed E-state index contributed by atoms with van der Waals surface area (Å²) in [6.45, 7) is 0.646. The number of hydrogen-bond acceptors (Lipinski definition) is 4. The van der Waals surface area contributed by atoms with Crippen LogP contribution in [0.15, 0.2) is 48.0 Å². The van der Waals surface area contributed by atoms with Crippen molar-refractivity contribution in [1.82, 2.24) is 9.78 Å². The summed E-state index contributed by atoms with van der Waals surface area (Å²) in [7, 11) is 0. The number of amides is 1. The number of nitrogens with one attached hydrogen (secondary N) is 1. The van der Waals surface area contributed by atoms with Crippen molar-refractivity contribution in [2.75, 3.05) is 11.1 Å². The van der Waals surface area contributed by atoms with Gasteiger partial charge in [0, 0.05) is 15.5 Å². The maximum Gasteiger partial charge on any atom is 0.235 e. The molecule has 2 aromatic heterocycles. The molecule has 1 aliphatic rings. The summed E-state index contributed by atoms with van der Waals surface area (Å²) in [6, 6.07) is 11.9. The third-order valence-corrected chi connectivity index (χ3v) is 6.34. The van der Waals surface area contributed by atoms with Gasteiger partial charge in [0.25, 0.3) is 0 Å². The number of anilines is 1. The van der Waals surface area contributed by atoms with E-state index in [0.717, 1.165) is 16.9 Å². The van der Waals surface area contributed by atoms with Gasteiger partial charge >= 0.3 is 0 Å². The van der Waals surface area contributed by atoms with Gasteiger partial charge in [0.05, 0.1) is 23.7 Å². The first-order chi connectivity index (χ1) is 11.7. The Balaban J connectivity index is 1.77. The second kappa shape index (κ2) is 6.63. The molecule has 0 saturated heterocycles. The molecule has 1 N–H and O–H groups in total. The maximum atomic E-state index is 12.2. The quantitative estimate of drug-likeness (QED) is 0.737. The number of carbonyl (C=O) groups excluding carboxylic acids is 1. The Labute approximate surface area is 152 Å². The Morgan fingerprint density at radius 2 is 2.12 bits per heavy atom. The van der Waals surface area contributed by atoms with E-state index in [-0.39, 0.29) is 11.2 Å². The number of carbonyl (C=O) groups is 1. The molecule has 0 fully saturated rings. The van der Waals surface area contributed by atoms with Gasteiger partial charge in [-0.1, -0.05) is 35.9 Å². The summed E-state index contributed by atoms with van der Waals surface area (Å²) in [5.41, 5.74) is 2.01. The van der Waals surface area contributed by atoms with Gasteiger partial charge < -0.3 is 5.32 Å². The molecule has 0 radical (unpaired) electrons. The minimum atomic E-state index is -0.0104. The molecule has 4 rings (SSSR count). The van der Waals surface area contributed by atoms with Crippen LogP contribution in [-0.4, -0.2) is 21.4 Å². The summed E-state index contributed by atoms with van der Waals surface area (Å²) in [5, 5.41) is 10.3. The molecule has 7 heteroatoms. The third-order valence-electron chi connectivity index (χ3n) is 3.86. The molecular weight excluding hydrogens is 362 g/mol. The van der Waals surface area contributed by atoms with Gasteiger partial charge in [0.1, 0.15) is 5.82 Å². The molecule has 1 atom stereocenters. The monoisotopic (exact) mass is 375 g/mol. The highest BCUT2D eigenvalue weighted by Gasteiger charge is 2.28. The van der Waals surface area contributed by atoms with E-state index in [1.54, 1.807) is 23.1 Å². The van der Waals surface area contributed by atoms with E-state index in [4.69, 9.17) is 11.6 Å². The number of nitrogens with zero attached hydrogens (tertiary/aromatic N) is 2. The molecule has 0 saturated carbocycles. The van der Waals surface area contributed by atoms with Crippen LogP contribution in [0.2, 0.25) is 5.02 Å². The van der Waals surface area contributed by atoms with E-state index in [9.17, 15) is 4.79 Å². The molecular formula is C17H14ClN3OS2. The lowest BCUT2D eigenvalue weighted by Crippen LogP contribution is -2.16. The Morgan fingerprint density at radius 3 is 2.92 bits per heavy atom. The fraction of sp³-hybridized carbons (Fsp3) is 0.176. The van der Waals surface area contributed by atoms with Crippen molar-refractivity contribution in [3.63, 3.8) is 0 Å². The van der Waals surface area contributed by atoms with E-state index in [0.29, 0.717) is 17.3 Å². The standard InChI is InChI=1S/C17H14ClN3OS2/c18-14-6-2-1-5-12(14)16-13-8-19-21(9-11-4-3-7-23-11)17(13)20-15(22)10-24-16/h1-8,16H,9-10H2,(H,20,22)/t16-/m1/s1. The molecule has 24 heavy (non-hydrogen) atoms. The predicted octanol–water partition coefficient (Wildman–Crippen LogP) is 4.42. The van der Waals surface area contributed by atoms with E-state index < -0.39 is 0 Å². The summed E-state index contributed by atoms with van der Waals surface area (Å²) in [4.78, 5) is 13.4. The van der Waals surface area contributed by atoms with Crippen LogP contribution in [0.25, 0.3) is 0 Å². The fourth-order valence-corrected chi connectivity index (χ4v) is 4.88. The minimum absolute atomic E-state index is 0.00950. The predicted molar refractivity (Wildman–Crippen MR) is 100 cm³/mol. The molecule has 0 unspecified atom stereocenters. The first kappa shape index (κ1) is 15.7. The molecule has 0 aliphatic carbocycles. The minimum Gasteiger partial charge on any atom is -0.310 e. The van der Waals surface area contributed by atoms with E-state index in [1.807, 2.05) is 46.6 Å².